The van der Waals surface area contributed by atoms with Gasteiger partial charge in [0.15, 0.2) is 11.5 Å². The Morgan fingerprint density at radius 3 is 2.60 bits per heavy atom. The lowest BCUT2D eigenvalue weighted by Crippen LogP contribution is -2.30. The molecule has 0 radical (unpaired) electrons. The number of nitrogens with one attached hydrogen (secondary N) is 1. The Balaban J connectivity index is 2.07. The molecular formula is C21H19FN2O5S. The second-order valence-corrected chi connectivity index (χ2v) is 9.00. The molecule has 0 saturated heterocycles. The summed E-state index contributed by atoms with van der Waals surface area (Å²) in [4.78, 5) is 25.3. The molecule has 1 aromatic heterocycles. The maximum atomic E-state index is 14.5. The fourth-order valence-electron chi connectivity index (χ4n) is 3.73. The lowest BCUT2D eigenvalue weighted by Gasteiger charge is -2.21. The van der Waals surface area contributed by atoms with E-state index in [4.69, 9.17) is 4.42 Å². The van der Waals surface area contributed by atoms with Crippen LogP contribution in [0.25, 0.3) is 22.3 Å². The van der Waals surface area contributed by atoms with Gasteiger partial charge < -0.3 is 9.73 Å². The van der Waals surface area contributed by atoms with Gasteiger partial charge in [-0.1, -0.05) is 12.1 Å². The third-order valence-corrected chi connectivity index (χ3v) is 6.29. The number of rotatable bonds is 3. The highest BCUT2D eigenvalue weighted by Gasteiger charge is 2.30. The average molecular weight is 430 g/mol. The van der Waals surface area contributed by atoms with Crippen molar-refractivity contribution in [3.63, 3.8) is 0 Å². The van der Waals surface area contributed by atoms with E-state index in [9.17, 15) is 22.4 Å². The van der Waals surface area contributed by atoms with E-state index in [1.807, 2.05) is 0 Å². The summed E-state index contributed by atoms with van der Waals surface area (Å²) in [6.45, 7) is 0.159. The molecule has 1 amide bonds. The Labute approximate surface area is 172 Å². The van der Waals surface area contributed by atoms with Gasteiger partial charge in [-0.3, -0.25) is 13.9 Å². The Morgan fingerprint density at radius 2 is 1.93 bits per heavy atom. The van der Waals surface area contributed by atoms with Crippen molar-refractivity contribution >= 4 is 38.4 Å². The van der Waals surface area contributed by atoms with E-state index in [1.54, 1.807) is 6.07 Å². The van der Waals surface area contributed by atoms with Crippen LogP contribution < -0.4 is 9.62 Å². The van der Waals surface area contributed by atoms with Gasteiger partial charge in [0.1, 0.15) is 11.4 Å². The molecule has 1 aliphatic heterocycles. The van der Waals surface area contributed by atoms with E-state index in [-0.39, 0.29) is 52.5 Å². The van der Waals surface area contributed by atoms with Crippen molar-refractivity contribution in [2.75, 3.05) is 24.2 Å². The lowest BCUT2D eigenvalue weighted by atomic mass is 10.00. The fraction of sp³-hybridized carbons (Fsp3) is 0.238. The number of benzene rings is 2. The number of furan rings is 1. The smallest absolute Gasteiger partial charge is 0.255 e. The van der Waals surface area contributed by atoms with Gasteiger partial charge in [-0.25, -0.2) is 12.8 Å². The number of amides is 1. The third-order valence-electron chi connectivity index (χ3n) is 5.11. The maximum absolute atomic E-state index is 14.5. The molecule has 0 atom stereocenters. The minimum Gasteiger partial charge on any atom is -0.455 e. The molecule has 2 aromatic carbocycles. The molecule has 30 heavy (non-hydrogen) atoms. The second kappa shape index (κ2) is 7.24. The number of Topliss-reactive ketones (excluding diaryl/α,β-unsaturated/α-hetero) is 1. The molecule has 1 N–H and O–H groups in total. The van der Waals surface area contributed by atoms with E-state index in [0.29, 0.717) is 11.8 Å². The highest BCUT2D eigenvalue weighted by atomic mass is 32.2. The van der Waals surface area contributed by atoms with Crippen LogP contribution in [0.1, 0.15) is 33.6 Å². The van der Waals surface area contributed by atoms with E-state index in [0.717, 1.165) is 10.6 Å². The Bertz CT molecular complexity index is 1300. The first-order valence-corrected chi connectivity index (χ1v) is 11.2. The third kappa shape index (κ3) is 3.24. The zero-order valence-corrected chi connectivity index (χ0v) is 17.2. The number of nitrogens with zero attached hydrogens (tertiary/aromatic N) is 1. The Hall–Kier alpha value is -3.20. The first-order valence-electron chi connectivity index (χ1n) is 9.31. The quantitative estimate of drug-likeness (QED) is 0.687. The summed E-state index contributed by atoms with van der Waals surface area (Å²) in [5, 5.41) is 2.83. The lowest BCUT2D eigenvalue weighted by molar-refractivity contribution is 0.0961. The van der Waals surface area contributed by atoms with Crippen LogP contribution >= 0.6 is 0 Å². The van der Waals surface area contributed by atoms with E-state index in [2.05, 4.69) is 5.32 Å². The first kappa shape index (κ1) is 20.1. The Morgan fingerprint density at radius 1 is 1.20 bits per heavy atom. The highest BCUT2D eigenvalue weighted by Crippen LogP contribution is 2.39. The monoisotopic (exact) mass is 430 g/mol. The van der Waals surface area contributed by atoms with Gasteiger partial charge in [0.25, 0.3) is 5.91 Å². The number of ketones is 1. The zero-order valence-electron chi connectivity index (χ0n) is 16.4. The van der Waals surface area contributed by atoms with Crippen LogP contribution in [0.5, 0.6) is 0 Å². The summed E-state index contributed by atoms with van der Waals surface area (Å²) in [5.41, 5.74) is 0.757. The zero-order chi connectivity index (χ0) is 21.6. The highest BCUT2D eigenvalue weighted by molar-refractivity contribution is 7.92. The van der Waals surface area contributed by atoms with Gasteiger partial charge in [0, 0.05) is 37.0 Å². The average Bonchev–Trinajstić information content (AvgIpc) is 2.98. The summed E-state index contributed by atoms with van der Waals surface area (Å²) in [6.07, 6.45) is 1.63. The normalized spacial score (nSPS) is 14.5. The molecule has 4 rings (SSSR count). The largest absolute Gasteiger partial charge is 0.455 e. The minimum absolute atomic E-state index is 0.0148. The first-order chi connectivity index (χ1) is 14.2. The van der Waals surface area contributed by atoms with Gasteiger partial charge in [-0.15, -0.1) is 0 Å². The number of sulfonamides is 1. The van der Waals surface area contributed by atoms with Crippen LogP contribution in [0.15, 0.2) is 40.8 Å². The number of halogens is 1. The summed E-state index contributed by atoms with van der Waals surface area (Å²) in [5.74, 6) is -1.29. The maximum Gasteiger partial charge on any atom is 0.255 e. The van der Waals surface area contributed by atoms with Gasteiger partial charge in [-0.2, -0.15) is 0 Å². The van der Waals surface area contributed by atoms with Gasteiger partial charge in [0.05, 0.1) is 23.1 Å². The predicted octanol–water partition coefficient (Wildman–Crippen LogP) is 3.34. The summed E-state index contributed by atoms with van der Waals surface area (Å²) >= 11 is 0. The molecule has 0 unspecified atom stereocenters. The molecule has 2 heterocycles. The van der Waals surface area contributed by atoms with E-state index in [1.165, 1.54) is 37.4 Å². The number of hydrogen-bond donors (Lipinski definition) is 1. The van der Waals surface area contributed by atoms with Crippen molar-refractivity contribution < 1.29 is 26.8 Å². The molecule has 9 heteroatoms. The number of hydrogen-bond acceptors (Lipinski definition) is 5. The predicted molar refractivity (Wildman–Crippen MR) is 111 cm³/mol. The van der Waals surface area contributed by atoms with E-state index >= 15 is 0 Å². The summed E-state index contributed by atoms with van der Waals surface area (Å²) in [6, 6.07) is 8.77. The topological polar surface area (TPSA) is 96.7 Å². The number of carbonyl (C=O) groups excluding carboxylic acids is 2. The van der Waals surface area contributed by atoms with Crippen LogP contribution in [0, 0.1) is 5.82 Å². The standard InChI is InChI=1S/C21H19FN2O5S/c1-23-21(26)19-14-10-13-16(24(30(2,27)28)9-5-8-17(13)25)11-18(14)29-20(19)12-6-3-4-7-15(12)22/h3-4,6-7,10-11H,5,8-9H2,1-2H3,(H,23,26). The molecule has 156 valence electrons. The van der Waals surface area contributed by atoms with Gasteiger partial charge in [0.2, 0.25) is 10.0 Å². The molecule has 0 aliphatic carbocycles. The SMILES string of the molecule is CNC(=O)c1c(-c2ccccc2F)oc2cc3c(cc12)C(=O)CCCN3S(C)(=O)=O. The second-order valence-electron chi connectivity index (χ2n) is 7.09. The van der Waals surface area contributed by atoms with Gasteiger partial charge >= 0.3 is 0 Å². The molecule has 1 aliphatic rings. The van der Waals surface area contributed by atoms with Crippen LogP contribution in [0.4, 0.5) is 10.1 Å². The van der Waals surface area contributed by atoms with Crippen LogP contribution in [0.2, 0.25) is 0 Å². The van der Waals surface area contributed by atoms with Crippen molar-refractivity contribution in [1.82, 2.24) is 5.32 Å². The molecule has 0 saturated carbocycles. The number of fused-ring (bicyclic) bond motifs is 2. The number of anilines is 1. The van der Waals surface area contributed by atoms with Crippen molar-refractivity contribution in [3.8, 4) is 11.3 Å². The van der Waals surface area contributed by atoms with Crippen molar-refractivity contribution in [3.05, 3.63) is 53.3 Å². The molecule has 0 fully saturated rings. The molecule has 3 aromatic rings. The molecular weight excluding hydrogens is 411 g/mol. The van der Waals surface area contributed by atoms with Gasteiger partial charge in [-0.05, 0) is 24.6 Å². The summed E-state index contributed by atoms with van der Waals surface area (Å²) in [7, 11) is -2.20. The minimum atomic E-state index is -3.64. The van der Waals surface area contributed by atoms with Crippen LogP contribution in [-0.4, -0.2) is 40.0 Å². The van der Waals surface area contributed by atoms with Crippen LogP contribution in [-0.2, 0) is 10.0 Å². The Kier molecular flexibility index (Phi) is 4.85. The molecule has 0 spiro atoms. The van der Waals surface area contributed by atoms with Crippen molar-refractivity contribution in [2.24, 2.45) is 0 Å². The van der Waals surface area contributed by atoms with E-state index < -0.39 is 21.7 Å². The number of carbonyl (C=O) groups is 2. The molecule has 0 bridgehead atoms. The van der Waals surface area contributed by atoms with Crippen molar-refractivity contribution in [2.45, 2.75) is 12.8 Å². The fourth-order valence-corrected chi connectivity index (χ4v) is 4.70. The van der Waals surface area contributed by atoms with Crippen molar-refractivity contribution in [1.29, 1.82) is 0 Å². The molecule has 7 nitrogen and oxygen atoms in total. The summed E-state index contributed by atoms with van der Waals surface area (Å²) < 4.78 is 46.1. The van der Waals surface area contributed by atoms with Crippen LogP contribution in [0.3, 0.4) is 0 Å².